The normalized spacial score (nSPS) is 20.0. The van der Waals surface area contributed by atoms with Crippen molar-refractivity contribution in [1.82, 2.24) is 4.90 Å². The van der Waals surface area contributed by atoms with Crippen molar-refractivity contribution in [3.05, 3.63) is 70.8 Å². The van der Waals surface area contributed by atoms with Crippen LogP contribution in [0.5, 0.6) is 0 Å². The minimum atomic E-state index is -0.911. The number of carbonyl (C=O) groups excluding carboxylic acids is 2. The van der Waals surface area contributed by atoms with Crippen molar-refractivity contribution in [2.75, 3.05) is 13.2 Å². The summed E-state index contributed by atoms with van der Waals surface area (Å²) in [7, 11) is 0. The minimum absolute atomic E-state index is 0.0446. The summed E-state index contributed by atoms with van der Waals surface area (Å²) in [6.07, 6.45) is 2.06. The highest BCUT2D eigenvalue weighted by Crippen LogP contribution is 2.32. The summed E-state index contributed by atoms with van der Waals surface area (Å²) in [6, 6.07) is 14.9. The van der Waals surface area contributed by atoms with Crippen LogP contribution in [-0.4, -0.2) is 41.1 Å². The van der Waals surface area contributed by atoms with Gasteiger partial charge in [0.1, 0.15) is 0 Å². The summed E-state index contributed by atoms with van der Waals surface area (Å²) < 4.78 is 5.93. The van der Waals surface area contributed by atoms with Crippen molar-refractivity contribution < 1.29 is 19.4 Å². The maximum Gasteiger partial charge on any atom is 0.261 e. The standard InChI is InChI=1S/C21H21NO4/c23-15(12-22-20(24)17-9-3-4-10-18(17)21(22)25)13-26-19-11-5-7-14-6-1-2-8-16(14)19/h1-4,6,8-10,15,19,23H,5,7,11-13H2/t15-,19+/m0/s1. The molecule has 0 spiro atoms. The molecule has 2 atom stereocenters. The van der Waals surface area contributed by atoms with Gasteiger partial charge in [-0.3, -0.25) is 14.5 Å². The van der Waals surface area contributed by atoms with Crippen LogP contribution >= 0.6 is 0 Å². The lowest BCUT2D eigenvalue weighted by atomic mass is 9.89. The first-order valence-corrected chi connectivity index (χ1v) is 8.98. The van der Waals surface area contributed by atoms with Crippen molar-refractivity contribution >= 4 is 11.8 Å². The molecular weight excluding hydrogens is 330 g/mol. The Kier molecular flexibility index (Phi) is 4.57. The number of aliphatic hydroxyl groups is 1. The van der Waals surface area contributed by atoms with Crippen molar-refractivity contribution in [2.45, 2.75) is 31.5 Å². The van der Waals surface area contributed by atoms with Gasteiger partial charge in [-0.25, -0.2) is 0 Å². The van der Waals surface area contributed by atoms with Gasteiger partial charge in [0.05, 0.1) is 36.5 Å². The number of aryl methyl sites for hydroxylation is 1. The average molecular weight is 351 g/mol. The highest BCUT2D eigenvalue weighted by molar-refractivity contribution is 6.21. The molecule has 1 aliphatic heterocycles. The summed E-state index contributed by atoms with van der Waals surface area (Å²) in [5.41, 5.74) is 3.25. The Bertz CT molecular complexity index is 812. The summed E-state index contributed by atoms with van der Waals surface area (Å²) in [5, 5.41) is 10.3. The van der Waals surface area contributed by atoms with Crippen LogP contribution in [0.2, 0.25) is 0 Å². The van der Waals surface area contributed by atoms with Gasteiger partial charge in [0.15, 0.2) is 0 Å². The largest absolute Gasteiger partial charge is 0.389 e. The number of nitrogens with zero attached hydrogens (tertiary/aromatic N) is 1. The van der Waals surface area contributed by atoms with Gasteiger partial charge in [0.25, 0.3) is 11.8 Å². The molecule has 134 valence electrons. The fraction of sp³-hybridized carbons (Fsp3) is 0.333. The van der Waals surface area contributed by atoms with Gasteiger partial charge in [-0.1, -0.05) is 36.4 Å². The van der Waals surface area contributed by atoms with E-state index in [0.29, 0.717) is 11.1 Å². The average Bonchev–Trinajstić information content (AvgIpc) is 2.91. The molecule has 5 nitrogen and oxygen atoms in total. The summed E-state index contributed by atoms with van der Waals surface area (Å²) in [6.45, 7) is 0.0348. The molecule has 26 heavy (non-hydrogen) atoms. The molecule has 1 N–H and O–H groups in total. The molecule has 5 heteroatoms. The molecule has 2 aromatic carbocycles. The van der Waals surface area contributed by atoms with E-state index in [1.165, 1.54) is 11.1 Å². The lowest BCUT2D eigenvalue weighted by Gasteiger charge is -2.27. The monoisotopic (exact) mass is 351 g/mol. The van der Waals surface area contributed by atoms with E-state index in [0.717, 1.165) is 24.2 Å². The maximum atomic E-state index is 12.4. The molecule has 0 aromatic heterocycles. The molecule has 2 aromatic rings. The Balaban J connectivity index is 1.38. The van der Waals surface area contributed by atoms with Crippen LogP contribution in [0.4, 0.5) is 0 Å². The van der Waals surface area contributed by atoms with Crippen LogP contribution < -0.4 is 0 Å². The van der Waals surface area contributed by atoms with E-state index < -0.39 is 6.10 Å². The molecule has 1 heterocycles. The first kappa shape index (κ1) is 16.9. The molecular formula is C21H21NO4. The van der Waals surface area contributed by atoms with Crippen LogP contribution in [0, 0.1) is 0 Å². The number of benzene rings is 2. The van der Waals surface area contributed by atoms with Gasteiger partial charge in [-0.15, -0.1) is 0 Å². The molecule has 0 fully saturated rings. The predicted octanol–water partition coefficient (Wildman–Crippen LogP) is 2.74. The molecule has 0 bridgehead atoms. The summed E-state index contributed by atoms with van der Waals surface area (Å²) in [4.78, 5) is 25.8. The van der Waals surface area contributed by atoms with E-state index in [9.17, 15) is 14.7 Å². The quantitative estimate of drug-likeness (QED) is 0.841. The van der Waals surface area contributed by atoms with E-state index in [4.69, 9.17) is 4.74 Å². The smallest absolute Gasteiger partial charge is 0.261 e. The molecule has 0 unspecified atom stereocenters. The Morgan fingerprint density at radius 2 is 1.69 bits per heavy atom. The fourth-order valence-corrected chi connectivity index (χ4v) is 3.78. The zero-order valence-electron chi connectivity index (χ0n) is 14.4. The Morgan fingerprint density at radius 1 is 1.04 bits per heavy atom. The van der Waals surface area contributed by atoms with Crippen LogP contribution in [0.3, 0.4) is 0 Å². The lowest BCUT2D eigenvalue weighted by Crippen LogP contribution is -2.39. The minimum Gasteiger partial charge on any atom is -0.389 e. The molecule has 0 radical (unpaired) electrons. The Labute approximate surface area is 152 Å². The van der Waals surface area contributed by atoms with Crippen molar-refractivity contribution in [3.8, 4) is 0 Å². The van der Waals surface area contributed by atoms with Gasteiger partial charge >= 0.3 is 0 Å². The molecule has 2 amide bonds. The van der Waals surface area contributed by atoms with E-state index in [1.54, 1.807) is 24.3 Å². The third-order valence-electron chi connectivity index (χ3n) is 5.08. The molecule has 0 saturated carbocycles. The van der Waals surface area contributed by atoms with Crippen molar-refractivity contribution in [1.29, 1.82) is 0 Å². The number of carbonyl (C=O) groups is 2. The molecule has 0 saturated heterocycles. The zero-order chi connectivity index (χ0) is 18.1. The third-order valence-corrected chi connectivity index (χ3v) is 5.08. The second kappa shape index (κ2) is 7.02. The van der Waals surface area contributed by atoms with Gasteiger partial charge in [0.2, 0.25) is 0 Å². The summed E-state index contributed by atoms with van der Waals surface area (Å²) in [5.74, 6) is -0.708. The molecule has 2 aliphatic rings. The topological polar surface area (TPSA) is 66.8 Å². The van der Waals surface area contributed by atoms with Gasteiger partial charge in [-0.05, 0) is 42.5 Å². The van der Waals surface area contributed by atoms with E-state index in [1.807, 2.05) is 12.1 Å². The molecule has 1 aliphatic carbocycles. The van der Waals surface area contributed by atoms with E-state index in [2.05, 4.69) is 12.1 Å². The van der Waals surface area contributed by atoms with Gasteiger partial charge in [-0.2, -0.15) is 0 Å². The Hall–Kier alpha value is -2.50. The highest BCUT2D eigenvalue weighted by atomic mass is 16.5. The number of imide groups is 1. The third kappa shape index (κ3) is 3.04. The van der Waals surface area contributed by atoms with Gasteiger partial charge < -0.3 is 9.84 Å². The zero-order valence-corrected chi connectivity index (χ0v) is 14.4. The number of fused-ring (bicyclic) bond motifs is 2. The fourth-order valence-electron chi connectivity index (χ4n) is 3.78. The van der Waals surface area contributed by atoms with Crippen LogP contribution in [0.1, 0.15) is 50.8 Å². The number of hydrogen-bond donors (Lipinski definition) is 1. The summed E-state index contributed by atoms with van der Waals surface area (Å²) >= 11 is 0. The number of ether oxygens (including phenoxy) is 1. The second-order valence-electron chi connectivity index (χ2n) is 6.83. The van der Waals surface area contributed by atoms with E-state index >= 15 is 0 Å². The first-order valence-electron chi connectivity index (χ1n) is 8.98. The van der Waals surface area contributed by atoms with Gasteiger partial charge in [0, 0.05) is 0 Å². The second-order valence-corrected chi connectivity index (χ2v) is 6.83. The van der Waals surface area contributed by atoms with Crippen LogP contribution in [0.15, 0.2) is 48.5 Å². The predicted molar refractivity (Wildman–Crippen MR) is 95.9 cm³/mol. The lowest BCUT2D eigenvalue weighted by molar-refractivity contribution is -0.0242. The maximum absolute atomic E-state index is 12.4. The first-order chi connectivity index (χ1) is 12.6. The Morgan fingerprint density at radius 3 is 2.42 bits per heavy atom. The SMILES string of the molecule is O=C1c2ccccc2C(=O)N1C[C@H](O)CO[C@@H]1CCCc2ccccc21. The number of hydrogen-bond acceptors (Lipinski definition) is 4. The number of rotatable bonds is 5. The van der Waals surface area contributed by atoms with Crippen LogP contribution in [0.25, 0.3) is 0 Å². The number of amides is 2. The molecule has 4 rings (SSSR count). The van der Waals surface area contributed by atoms with Crippen molar-refractivity contribution in [2.24, 2.45) is 0 Å². The number of aliphatic hydroxyl groups excluding tert-OH is 1. The highest BCUT2D eigenvalue weighted by Gasteiger charge is 2.36. The number of β-amino-alcohol motifs (C(OH)–C–C–N with tert-alkyl or cyclic N) is 1. The van der Waals surface area contributed by atoms with Crippen molar-refractivity contribution in [3.63, 3.8) is 0 Å². The van der Waals surface area contributed by atoms with Crippen LogP contribution in [-0.2, 0) is 11.2 Å². The van der Waals surface area contributed by atoms with E-state index in [-0.39, 0.29) is 31.1 Å².